The van der Waals surface area contributed by atoms with Gasteiger partial charge in [0.25, 0.3) is 0 Å². The molecule has 1 saturated carbocycles. The van der Waals surface area contributed by atoms with Gasteiger partial charge in [-0.15, -0.1) is 0 Å². The molecule has 2 aliphatic rings. The average Bonchev–Trinajstić information content (AvgIpc) is 2.38. The Morgan fingerprint density at radius 2 is 2.07 bits per heavy atom. The van der Waals surface area contributed by atoms with Crippen molar-refractivity contribution in [2.24, 2.45) is 11.8 Å². The molecule has 15 heavy (non-hydrogen) atoms. The van der Waals surface area contributed by atoms with Gasteiger partial charge >= 0.3 is 0 Å². The third-order valence-corrected chi connectivity index (χ3v) is 4.36. The Labute approximate surface area is 93.9 Å². The highest BCUT2D eigenvalue weighted by Crippen LogP contribution is 2.46. The standard InChI is InChI=1S/C13H25NO/c1-5-6-10-7-8-12-11(9-10)13(2,3)15-14(12)4/h10-12H,5-9H2,1-4H3. The third kappa shape index (κ3) is 2.07. The van der Waals surface area contributed by atoms with Crippen LogP contribution in [0.2, 0.25) is 0 Å². The minimum Gasteiger partial charge on any atom is -0.293 e. The van der Waals surface area contributed by atoms with Gasteiger partial charge in [-0.25, -0.2) is 0 Å². The van der Waals surface area contributed by atoms with Crippen LogP contribution in [0.5, 0.6) is 0 Å². The molecule has 0 bridgehead atoms. The van der Waals surface area contributed by atoms with Crippen molar-refractivity contribution in [2.45, 2.75) is 64.5 Å². The summed E-state index contributed by atoms with van der Waals surface area (Å²) in [7, 11) is 2.10. The van der Waals surface area contributed by atoms with Crippen LogP contribution in [0, 0.1) is 11.8 Å². The molecule has 1 heterocycles. The Morgan fingerprint density at radius 3 is 2.73 bits per heavy atom. The molecule has 0 N–H and O–H groups in total. The van der Waals surface area contributed by atoms with E-state index in [9.17, 15) is 0 Å². The highest BCUT2D eigenvalue weighted by molar-refractivity contribution is 4.96. The van der Waals surface area contributed by atoms with E-state index in [4.69, 9.17) is 4.84 Å². The van der Waals surface area contributed by atoms with Crippen molar-refractivity contribution >= 4 is 0 Å². The second-order valence-corrected chi connectivity index (χ2v) is 5.88. The first-order valence-corrected chi connectivity index (χ1v) is 6.46. The highest BCUT2D eigenvalue weighted by Gasteiger charge is 2.49. The van der Waals surface area contributed by atoms with Crippen molar-refractivity contribution in [1.82, 2.24) is 5.06 Å². The molecule has 0 spiro atoms. The lowest BCUT2D eigenvalue weighted by Crippen LogP contribution is -2.38. The second-order valence-electron chi connectivity index (χ2n) is 5.88. The van der Waals surface area contributed by atoms with Crippen LogP contribution >= 0.6 is 0 Å². The lowest BCUT2D eigenvalue weighted by atomic mass is 9.71. The maximum absolute atomic E-state index is 5.96. The van der Waals surface area contributed by atoms with E-state index in [1.807, 2.05) is 0 Å². The molecule has 0 aromatic heterocycles. The van der Waals surface area contributed by atoms with E-state index < -0.39 is 0 Å². The number of rotatable bonds is 2. The summed E-state index contributed by atoms with van der Waals surface area (Å²) in [4.78, 5) is 5.96. The van der Waals surface area contributed by atoms with Gasteiger partial charge in [0.15, 0.2) is 0 Å². The first-order chi connectivity index (χ1) is 7.04. The first kappa shape index (κ1) is 11.4. The number of fused-ring (bicyclic) bond motifs is 1. The zero-order chi connectivity index (χ0) is 11.1. The van der Waals surface area contributed by atoms with Crippen LogP contribution in [0.25, 0.3) is 0 Å². The van der Waals surface area contributed by atoms with E-state index in [2.05, 4.69) is 32.9 Å². The lowest BCUT2D eigenvalue weighted by Gasteiger charge is -2.35. The quantitative estimate of drug-likeness (QED) is 0.695. The first-order valence-electron chi connectivity index (χ1n) is 6.46. The van der Waals surface area contributed by atoms with Gasteiger partial charge in [0.05, 0.1) is 5.60 Å². The fourth-order valence-corrected chi connectivity index (χ4v) is 3.60. The van der Waals surface area contributed by atoms with Gasteiger partial charge in [-0.3, -0.25) is 4.84 Å². The van der Waals surface area contributed by atoms with E-state index in [-0.39, 0.29) is 5.60 Å². The van der Waals surface area contributed by atoms with Crippen LogP contribution in [-0.2, 0) is 4.84 Å². The predicted octanol–water partition coefficient (Wildman–Crippen LogP) is 3.23. The smallest absolute Gasteiger partial charge is 0.0887 e. The van der Waals surface area contributed by atoms with Crippen LogP contribution in [0.3, 0.4) is 0 Å². The molecular formula is C13H25NO. The van der Waals surface area contributed by atoms with Gasteiger partial charge in [-0.1, -0.05) is 19.8 Å². The van der Waals surface area contributed by atoms with Gasteiger partial charge in [0.2, 0.25) is 0 Å². The number of hydrogen-bond donors (Lipinski definition) is 0. The maximum atomic E-state index is 5.96. The summed E-state index contributed by atoms with van der Waals surface area (Å²) in [6, 6.07) is 0.674. The fourth-order valence-electron chi connectivity index (χ4n) is 3.60. The monoisotopic (exact) mass is 211 g/mol. The Kier molecular flexibility index (Phi) is 3.09. The molecule has 1 aliphatic heterocycles. The Bertz CT molecular complexity index is 227. The Balaban J connectivity index is 2.04. The van der Waals surface area contributed by atoms with E-state index in [1.54, 1.807) is 0 Å². The van der Waals surface area contributed by atoms with Crippen molar-refractivity contribution in [2.75, 3.05) is 7.05 Å². The van der Waals surface area contributed by atoms with Gasteiger partial charge in [0, 0.05) is 19.0 Å². The summed E-state index contributed by atoms with van der Waals surface area (Å²) >= 11 is 0. The topological polar surface area (TPSA) is 12.5 Å². The molecule has 3 atom stereocenters. The van der Waals surface area contributed by atoms with E-state index in [0.717, 1.165) is 11.8 Å². The fraction of sp³-hybridized carbons (Fsp3) is 1.00. The summed E-state index contributed by atoms with van der Waals surface area (Å²) in [5.41, 5.74) is 0.0613. The summed E-state index contributed by atoms with van der Waals surface area (Å²) < 4.78 is 0. The normalized spacial score (nSPS) is 40.4. The lowest BCUT2D eigenvalue weighted by molar-refractivity contribution is -0.178. The highest BCUT2D eigenvalue weighted by atomic mass is 16.7. The van der Waals surface area contributed by atoms with E-state index in [0.29, 0.717) is 6.04 Å². The number of hydrogen-bond acceptors (Lipinski definition) is 2. The maximum Gasteiger partial charge on any atom is 0.0887 e. The SMILES string of the molecule is CCCC1CCC2C(C1)C(C)(C)ON2C. The van der Waals surface area contributed by atoms with Gasteiger partial charge in [-0.05, 0) is 39.0 Å². The van der Waals surface area contributed by atoms with Crippen LogP contribution in [0.4, 0.5) is 0 Å². The predicted molar refractivity (Wildman–Crippen MR) is 62.5 cm³/mol. The zero-order valence-electron chi connectivity index (χ0n) is 10.6. The zero-order valence-corrected chi connectivity index (χ0v) is 10.6. The third-order valence-electron chi connectivity index (χ3n) is 4.36. The van der Waals surface area contributed by atoms with Crippen molar-refractivity contribution in [3.63, 3.8) is 0 Å². The van der Waals surface area contributed by atoms with Gasteiger partial charge in [-0.2, -0.15) is 5.06 Å². The molecule has 1 aliphatic carbocycles. The second kappa shape index (κ2) is 4.06. The Morgan fingerprint density at radius 1 is 1.33 bits per heavy atom. The minimum absolute atomic E-state index is 0.0613. The van der Waals surface area contributed by atoms with Gasteiger partial charge < -0.3 is 0 Å². The summed E-state index contributed by atoms with van der Waals surface area (Å²) in [6.07, 6.45) is 6.84. The van der Waals surface area contributed by atoms with Crippen molar-refractivity contribution in [3.8, 4) is 0 Å². The van der Waals surface area contributed by atoms with Crippen molar-refractivity contribution in [3.05, 3.63) is 0 Å². The van der Waals surface area contributed by atoms with E-state index >= 15 is 0 Å². The number of nitrogens with zero attached hydrogens (tertiary/aromatic N) is 1. The Hall–Kier alpha value is -0.0800. The average molecular weight is 211 g/mol. The van der Waals surface area contributed by atoms with Crippen LogP contribution in [-0.4, -0.2) is 23.8 Å². The van der Waals surface area contributed by atoms with Gasteiger partial charge in [0.1, 0.15) is 0 Å². The largest absolute Gasteiger partial charge is 0.293 e. The number of hydroxylamine groups is 2. The molecule has 0 radical (unpaired) electrons. The molecule has 2 heteroatoms. The van der Waals surface area contributed by atoms with Crippen molar-refractivity contribution in [1.29, 1.82) is 0 Å². The van der Waals surface area contributed by atoms with Crippen molar-refractivity contribution < 1.29 is 4.84 Å². The summed E-state index contributed by atoms with van der Waals surface area (Å²) in [5, 5.41) is 2.12. The van der Waals surface area contributed by atoms with E-state index in [1.165, 1.54) is 32.1 Å². The summed E-state index contributed by atoms with van der Waals surface area (Å²) in [5.74, 6) is 1.69. The molecule has 2 rings (SSSR count). The molecule has 1 saturated heterocycles. The molecule has 2 nitrogen and oxygen atoms in total. The molecule has 2 fully saturated rings. The van der Waals surface area contributed by atoms with Crippen LogP contribution < -0.4 is 0 Å². The molecule has 0 aromatic rings. The summed E-state index contributed by atoms with van der Waals surface area (Å²) in [6.45, 7) is 6.81. The molecule has 88 valence electrons. The van der Waals surface area contributed by atoms with Crippen LogP contribution in [0.1, 0.15) is 52.9 Å². The van der Waals surface area contributed by atoms with Crippen LogP contribution in [0.15, 0.2) is 0 Å². The molecule has 0 aromatic carbocycles. The molecule has 0 amide bonds. The molecule has 3 unspecified atom stereocenters. The molecular weight excluding hydrogens is 186 g/mol. The minimum atomic E-state index is 0.0613.